The van der Waals surface area contributed by atoms with Gasteiger partial charge in [0, 0.05) is 10.6 Å². The highest BCUT2D eigenvalue weighted by Gasteiger charge is 2.28. The summed E-state index contributed by atoms with van der Waals surface area (Å²) in [5.41, 5.74) is 3.58. The minimum Gasteiger partial charge on any atom is -0.497 e. The number of aromatic nitrogens is 6. The quantitative estimate of drug-likeness (QED) is 0.358. The van der Waals surface area contributed by atoms with Gasteiger partial charge in [-0.25, -0.2) is 9.38 Å². The Morgan fingerprint density at radius 3 is 2.87 bits per heavy atom. The van der Waals surface area contributed by atoms with Gasteiger partial charge in [-0.3, -0.25) is 0 Å². The number of thioether (sulfide) groups is 1. The van der Waals surface area contributed by atoms with E-state index < -0.39 is 0 Å². The number of fused-ring (bicyclic) bond motifs is 8. The van der Waals surface area contributed by atoms with Gasteiger partial charge in [0.15, 0.2) is 10.8 Å². The van der Waals surface area contributed by atoms with Crippen molar-refractivity contribution >= 4 is 44.7 Å². The van der Waals surface area contributed by atoms with Gasteiger partial charge in [-0.15, -0.1) is 26.6 Å². The Balaban J connectivity index is 1.53. The Morgan fingerprint density at radius 1 is 1.23 bits per heavy atom. The van der Waals surface area contributed by atoms with Crippen LogP contribution >= 0.6 is 23.1 Å². The molecule has 31 heavy (non-hydrogen) atoms. The average Bonchev–Trinajstić information content (AvgIpc) is 3.47. The predicted octanol–water partition coefficient (Wildman–Crippen LogP) is 5.04. The third kappa shape index (κ3) is 2.94. The first-order chi connectivity index (χ1) is 15.1. The average molecular weight is 451 g/mol. The molecule has 4 aromatic heterocycles. The van der Waals surface area contributed by atoms with E-state index in [0.29, 0.717) is 5.92 Å². The molecule has 0 amide bonds. The van der Waals surface area contributed by atoms with Crippen LogP contribution in [0.2, 0.25) is 0 Å². The van der Waals surface area contributed by atoms with Crippen molar-refractivity contribution in [1.82, 2.24) is 29.2 Å². The number of hydrogen-bond donors (Lipinski definition) is 0. The van der Waals surface area contributed by atoms with E-state index in [0.717, 1.165) is 40.3 Å². The van der Waals surface area contributed by atoms with Crippen molar-refractivity contribution in [3.63, 3.8) is 0 Å². The zero-order valence-electron chi connectivity index (χ0n) is 17.6. The summed E-state index contributed by atoms with van der Waals surface area (Å²) in [6.07, 6.45) is 3.60. The first kappa shape index (κ1) is 19.1. The molecule has 0 N–H and O–H groups in total. The highest BCUT2D eigenvalue weighted by Crippen LogP contribution is 2.44. The Labute approximate surface area is 187 Å². The van der Waals surface area contributed by atoms with Crippen LogP contribution in [0.25, 0.3) is 21.6 Å². The molecule has 0 bridgehead atoms. The minimum atomic E-state index is 0.530. The lowest BCUT2D eigenvalue weighted by atomic mass is 9.87. The number of thiophene rings is 1. The fourth-order valence-corrected chi connectivity index (χ4v) is 6.93. The normalized spacial score (nSPS) is 16.4. The van der Waals surface area contributed by atoms with Gasteiger partial charge in [-0.2, -0.15) is 4.52 Å². The Bertz CT molecular complexity index is 1430. The summed E-state index contributed by atoms with van der Waals surface area (Å²) >= 11 is 3.57. The molecule has 0 spiro atoms. The van der Waals surface area contributed by atoms with Gasteiger partial charge < -0.3 is 4.74 Å². The summed E-state index contributed by atoms with van der Waals surface area (Å²) < 4.78 is 9.32. The molecule has 7 nitrogen and oxygen atoms in total. The highest BCUT2D eigenvalue weighted by molar-refractivity contribution is 7.98. The van der Waals surface area contributed by atoms with Gasteiger partial charge in [0.05, 0.1) is 12.5 Å². The first-order valence-corrected chi connectivity index (χ1v) is 12.3. The highest BCUT2D eigenvalue weighted by atomic mass is 32.2. The summed E-state index contributed by atoms with van der Waals surface area (Å²) in [5.74, 6) is 3.69. The van der Waals surface area contributed by atoms with Crippen LogP contribution in [0.15, 0.2) is 29.4 Å². The van der Waals surface area contributed by atoms with Crippen molar-refractivity contribution in [3.05, 3.63) is 46.1 Å². The summed E-state index contributed by atoms with van der Waals surface area (Å²) in [6.45, 7) is 4.27. The fourth-order valence-electron chi connectivity index (χ4n) is 4.53. The van der Waals surface area contributed by atoms with Crippen LogP contribution < -0.4 is 4.74 Å². The van der Waals surface area contributed by atoms with E-state index in [1.807, 2.05) is 34.9 Å². The summed E-state index contributed by atoms with van der Waals surface area (Å²) in [7, 11) is 1.69. The molecule has 0 aliphatic heterocycles. The number of ether oxygens (including phenoxy) is 1. The molecule has 0 saturated carbocycles. The summed E-state index contributed by atoms with van der Waals surface area (Å²) in [4.78, 5) is 7.45. The third-order valence-electron chi connectivity index (χ3n) is 6.01. The molecule has 9 heteroatoms. The number of benzene rings is 1. The van der Waals surface area contributed by atoms with Crippen molar-refractivity contribution in [2.45, 2.75) is 49.9 Å². The van der Waals surface area contributed by atoms with Gasteiger partial charge in [0.1, 0.15) is 16.4 Å². The van der Waals surface area contributed by atoms with Crippen LogP contribution in [0, 0.1) is 6.92 Å². The van der Waals surface area contributed by atoms with Crippen molar-refractivity contribution < 1.29 is 4.74 Å². The van der Waals surface area contributed by atoms with Crippen molar-refractivity contribution in [2.75, 3.05) is 7.11 Å². The lowest BCUT2D eigenvalue weighted by Crippen LogP contribution is -2.05. The molecule has 0 radical (unpaired) electrons. The molecule has 1 aliphatic rings. The van der Waals surface area contributed by atoms with Gasteiger partial charge in [0.25, 0.3) is 5.78 Å². The molecule has 1 aromatic carbocycles. The Hall–Kier alpha value is -2.65. The molecular weight excluding hydrogens is 428 g/mol. The number of nitrogens with zero attached hydrogens (tertiary/aromatic N) is 6. The maximum Gasteiger partial charge on any atom is 0.260 e. The van der Waals surface area contributed by atoms with Crippen molar-refractivity contribution in [1.29, 1.82) is 0 Å². The molecule has 1 unspecified atom stereocenters. The maximum absolute atomic E-state index is 5.27. The van der Waals surface area contributed by atoms with Crippen LogP contribution in [0.3, 0.4) is 0 Å². The second kappa shape index (κ2) is 7.20. The summed E-state index contributed by atoms with van der Waals surface area (Å²) in [6, 6.07) is 8.17. The topological polar surface area (TPSA) is 69.6 Å². The standard InChI is InChI=1S/C22H22N6OS2/c1-12-5-4-6-16-17(12)18-19-23-13(2)26-28(19)21-24-25-22(27(21)20(18)31-16)30-11-14-7-9-15(29-3)10-8-14/h7-10,12H,4-6,11H2,1-3H3. The van der Waals surface area contributed by atoms with E-state index >= 15 is 0 Å². The Kier molecular flexibility index (Phi) is 4.43. The van der Waals surface area contributed by atoms with E-state index in [-0.39, 0.29) is 0 Å². The number of hydrogen-bond acceptors (Lipinski definition) is 7. The monoisotopic (exact) mass is 450 g/mol. The van der Waals surface area contributed by atoms with E-state index in [1.54, 1.807) is 18.9 Å². The predicted molar refractivity (Wildman–Crippen MR) is 124 cm³/mol. The number of rotatable bonds is 4. The molecule has 0 saturated heterocycles. The lowest BCUT2D eigenvalue weighted by Gasteiger charge is -2.18. The second-order valence-electron chi connectivity index (χ2n) is 8.06. The third-order valence-corrected chi connectivity index (χ3v) is 8.26. The molecule has 5 aromatic rings. The molecule has 4 heterocycles. The van der Waals surface area contributed by atoms with E-state index in [9.17, 15) is 0 Å². The Morgan fingerprint density at radius 2 is 2.06 bits per heavy atom. The summed E-state index contributed by atoms with van der Waals surface area (Å²) in [5, 5.41) is 15.8. The van der Waals surface area contributed by atoms with Gasteiger partial charge in [0.2, 0.25) is 0 Å². The van der Waals surface area contributed by atoms with Crippen molar-refractivity contribution in [3.8, 4) is 5.75 Å². The van der Waals surface area contributed by atoms with Gasteiger partial charge in [-0.1, -0.05) is 30.8 Å². The van der Waals surface area contributed by atoms with E-state index in [1.165, 1.54) is 39.1 Å². The van der Waals surface area contributed by atoms with Gasteiger partial charge in [-0.05, 0) is 55.4 Å². The molecular formula is C22H22N6OS2. The minimum absolute atomic E-state index is 0.530. The molecule has 158 valence electrons. The van der Waals surface area contributed by atoms with Crippen LogP contribution in [0.4, 0.5) is 0 Å². The fraction of sp³-hybridized carbons (Fsp3) is 0.364. The van der Waals surface area contributed by atoms with E-state index in [2.05, 4.69) is 38.8 Å². The molecule has 6 rings (SSSR count). The molecule has 0 fully saturated rings. The number of methoxy groups -OCH3 is 1. The van der Waals surface area contributed by atoms with Crippen molar-refractivity contribution in [2.24, 2.45) is 0 Å². The molecule has 1 aliphatic carbocycles. The second-order valence-corrected chi connectivity index (χ2v) is 10.1. The lowest BCUT2D eigenvalue weighted by molar-refractivity contribution is 0.414. The number of aryl methyl sites for hydroxylation is 2. The first-order valence-electron chi connectivity index (χ1n) is 10.5. The van der Waals surface area contributed by atoms with Crippen LogP contribution in [-0.4, -0.2) is 36.3 Å². The smallest absolute Gasteiger partial charge is 0.260 e. The zero-order chi connectivity index (χ0) is 21.1. The largest absolute Gasteiger partial charge is 0.497 e. The van der Waals surface area contributed by atoms with E-state index in [4.69, 9.17) is 9.72 Å². The van der Waals surface area contributed by atoms with Crippen LogP contribution in [0.1, 0.15) is 47.5 Å². The zero-order valence-corrected chi connectivity index (χ0v) is 19.3. The van der Waals surface area contributed by atoms with Gasteiger partial charge >= 0.3 is 0 Å². The van der Waals surface area contributed by atoms with Crippen LogP contribution in [-0.2, 0) is 12.2 Å². The SMILES string of the molecule is COc1ccc(CSc2nnc3n4nc(C)nc4c4c5c(sc4n23)CCCC5C)cc1. The molecule has 1 atom stereocenters. The maximum atomic E-state index is 5.27. The van der Waals surface area contributed by atoms with Crippen LogP contribution in [0.5, 0.6) is 5.75 Å².